The van der Waals surface area contributed by atoms with E-state index in [2.05, 4.69) is 37.4 Å². The van der Waals surface area contributed by atoms with Crippen LogP contribution in [0.2, 0.25) is 0 Å². The Balaban J connectivity index is 2.23. The summed E-state index contributed by atoms with van der Waals surface area (Å²) in [6.07, 6.45) is 2.38. The van der Waals surface area contributed by atoms with Gasteiger partial charge < -0.3 is 5.32 Å². The van der Waals surface area contributed by atoms with Crippen molar-refractivity contribution in [2.45, 2.75) is 42.9 Å². The Morgan fingerprint density at radius 3 is 3.07 bits per heavy atom. The summed E-state index contributed by atoms with van der Waals surface area (Å²) < 4.78 is 0. The van der Waals surface area contributed by atoms with Crippen molar-refractivity contribution in [1.82, 2.24) is 5.32 Å². The van der Waals surface area contributed by atoms with Gasteiger partial charge in [-0.25, -0.2) is 0 Å². The van der Waals surface area contributed by atoms with Gasteiger partial charge in [-0.05, 0) is 37.9 Å². The molecule has 2 unspecified atom stereocenters. The minimum absolute atomic E-state index is 0.563. The molecule has 0 amide bonds. The molecule has 0 radical (unpaired) electrons. The van der Waals surface area contributed by atoms with Crippen LogP contribution in [0.1, 0.15) is 25.0 Å². The number of likely N-dealkylation sites (N-methyl/N-ethyl adjacent to an activating group) is 1. The van der Waals surface area contributed by atoms with Crippen LogP contribution >= 0.6 is 11.8 Å². The molecule has 2 atom stereocenters. The van der Waals surface area contributed by atoms with Crippen molar-refractivity contribution in [2.24, 2.45) is 0 Å². The second-order valence-electron chi connectivity index (χ2n) is 4.43. The third-order valence-electron chi connectivity index (χ3n) is 3.02. The monoisotopic (exact) mass is 221 g/mol. The minimum atomic E-state index is 0.563. The van der Waals surface area contributed by atoms with E-state index in [1.165, 1.54) is 12.0 Å². The first-order valence-electron chi connectivity index (χ1n) is 5.65. The summed E-state index contributed by atoms with van der Waals surface area (Å²) in [6.45, 7) is 4.55. The smallest absolute Gasteiger partial charge is 0.0140 e. The molecule has 1 aliphatic heterocycles. The second-order valence-corrected chi connectivity index (χ2v) is 5.88. The summed E-state index contributed by atoms with van der Waals surface area (Å²) in [5.74, 6) is 0. The summed E-state index contributed by atoms with van der Waals surface area (Å²) in [7, 11) is 2.03. The lowest BCUT2D eigenvalue weighted by atomic mass is 10.0. The van der Waals surface area contributed by atoms with Gasteiger partial charge in [-0.2, -0.15) is 0 Å². The van der Waals surface area contributed by atoms with Crippen LogP contribution in [0.3, 0.4) is 0 Å². The Hall–Kier alpha value is -0.470. The second kappa shape index (κ2) is 4.58. The fourth-order valence-corrected chi connectivity index (χ4v) is 3.37. The molecule has 82 valence electrons. The van der Waals surface area contributed by atoms with Crippen LogP contribution in [0.4, 0.5) is 0 Å². The Bertz CT molecular complexity index is 348. The highest BCUT2D eigenvalue weighted by Crippen LogP contribution is 2.39. The molecule has 15 heavy (non-hydrogen) atoms. The normalized spacial score (nSPS) is 21.4. The topological polar surface area (TPSA) is 12.0 Å². The highest BCUT2D eigenvalue weighted by molar-refractivity contribution is 8.00. The summed E-state index contributed by atoms with van der Waals surface area (Å²) >= 11 is 2.04. The lowest BCUT2D eigenvalue weighted by Crippen LogP contribution is -2.23. The van der Waals surface area contributed by atoms with Crippen molar-refractivity contribution in [1.29, 1.82) is 0 Å². The highest BCUT2D eigenvalue weighted by Gasteiger charge is 2.21. The van der Waals surface area contributed by atoms with Crippen LogP contribution in [-0.2, 0) is 12.8 Å². The molecule has 1 aliphatic rings. The number of hydrogen-bond donors (Lipinski definition) is 1. The Kier molecular flexibility index (Phi) is 3.37. The zero-order chi connectivity index (χ0) is 10.8. The zero-order valence-corrected chi connectivity index (χ0v) is 10.5. The molecule has 2 heteroatoms. The molecule has 0 saturated carbocycles. The number of rotatable bonds is 3. The molecule has 0 spiro atoms. The van der Waals surface area contributed by atoms with Gasteiger partial charge in [-0.3, -0.25) is 0 Å². The first-order chi connectivity index (χ1) is 7.20. The lowest BCUT2D eigenvalue weighted by molar-refractivity contribution is 0.604. The van der Waals surface area contributed by atoms with Gasteiger partial charge in [0.1, 0.15) is 0 Å². The highest BCUT2D eigenvalue weighted by atomic mass is 32.2. The van der Waals surface area contributed by atoms with E-state index in [0.717, 1.165) is 11.7 Å². The molecule has 1 heterocycles. The molecular formula is C13H19NS. The number of thioether (sulfide) groups is 1. The number of hydrogen-bond acceptors (Lipinski definition) is 2. The molecule has 1 aromatic rings. The molecule has 0 fully saturated rings. The average molecular weight is 221 g/mol. The van der Waals surface area contributed by atoms with E-state index in [1.807, 2.05) is 18.8 Å². The average Bonchev–Trinajstić information content (AvgIpc) is 2.59. The van der Waals surface area contributed by atoms with Crippen LogP contribution in [0.15, 0.2) is 23.1 Å². The lowest BCUT2D eigenvalue weighted by Gasteiger charge is -2.13. The van der Waals surface area contributed by atoms with E-state index < -0.39 is 0 Å². The molecule has 1 aromatic carbocycles. The number of nitrogens with one attached hydrogen (secondary N) is 1. The standard InChI is InChI=1S/C13H19NS/c1-9(14-3)7-11-5-4-6-12-8-10(2)15-13(11)12/h4-6,9-10,14H,7-8H2,1-3H3. The maximum atomic E-state index is 3.31. The van der Waals surface area contributed by atoms with E-state index >= 15 is 0 Å². The molecular weight excluding hydrogens is 202 g/mol. The molecule has 0 aliphatic carbocycles. The summed E-state index contributed by atoms with van der Waals surface area (Å²) in [5, 5.41) is 4.06. The molecule has 1 N–H and O–H groups in total. The van der Waals surface area contributed by atoms with Crippen LogP contribution in [0.5, 0.6) is 0 Å². The van der Waals surface area contributed by atoms with E-state index in [1.54, 1.807) is 10.5 Å². The van der Waals surface area contributed by atoms with Gasteiger partial charge in [-0.15, -0.1) is 11.8 Å². The van der Waals surface area contributed by atoms with Crippen LogP contribution in [0.25, 0.3) is 0 Å². The Morgan fingerprint density at radius 2 is 2.33 bits per heavy atom. The van der Waals surface area contributed by atoms with Crippen molar-refractivity contribution < 1.29 is 0 Å². The summed E-state index contributed by atoms with van der Waals surface area (Å²) in [5.41, 5.74) is 3.07. The number of fused-ring (bicyclic) bond motifs is 1. The van der Waals surface area contributed by atoms with Crippen LogP contribution in [-0.4, -0.2) is 18.3 Å². The van der Waals surface area contributed by atoms with Gasteiger partial charge in [0.15, 0.2) is 0 Å². The maximum Gasteiger partial charge on any atom is 0.0140 e. The van der Waals surface area contributed by atoms with Crippen molar-refractivity contribution >= 4 is 11.8 Å². The van der Waals surface area contributed by atoms with E-state index in [-0.39, 0.29) is 0 Å². The van der Waals surface area contributed by atoms with Gasteiger partial charge in [0.05, 0.1) is 0 Å². The summed E-state index contributed by atoms with van der Waals surface area (Å²) in [6, 6.07) is 7.32. The molecule has 0 saturated heterocycles. The SMILES string of the molecule is CNC(C)Cc1cccc2c1SC(C)C2. The van der Waals surface area contributed by atoms with Crippen molar-refractivity contribution in [3.8, 4) is 0 Å². The minimum Gasteiger partial charge on any atom is -0.317 e. The Morgan fingerprint density at radius 1 is 1.53 bits per heavy atom. The molecule has 0 aromatic heterocycles. The van der Waals surface area contributed by atoms with Gasteiger partial charge in [0.2, 0.25) is 0 Å². The fourth-order valence-electron chi connectivity index (χ4n) is 2.10. The molecule has 0 bridgehead atoms. The predicted molar refractivity (Wildman–Crippen MR) is 67.7 cm³/mol. The van der Waals surface area contributed by atoms with Gasteiger partial charge in [0.25, 0.3) is 0 Å². The number of benzene rings is 1. The van der Waals surface area contributed by atoms with E-state index in [4.69, 9.17) is 0 Å². The van der Waals surface area contributed by atoms with Crippen molar-refractivity contribution in [3.63, 3.8) is 0 Å². The maximum absolute atomic E-state index is 3.31. The fraction of sp³-hybridized carbons (Fsp3) is 0.538. The van der Waals surface area contributed by atoms with Gasteiger partial charge >= 0.3 is 0 Å². The first-order valence-corrected chi connectivity index (χ1v) is 6.53. The predicted octanol–water partition coefficient (Wildman–Crippen LogP) is 2.87. The third kappa shape index (κ3) is 2.37. The summed E-state index contributed by atoms with van der Waals surface area (Å²) in [4.78, 5) is 1.55. The third-order valence-corrected chi connectivity index (χ3v) is 4.35. The van der Waals surface area contributed by atoms with E-state index in [0.29, 0.717) is 6.04 Å². The quantitative estimate of drug-likeness (QED) is 0.842. The van der Waals surface area contributed by atoms with Crippen LogP contribution < -0.4 is 5.32 Å². The van der Waals surface area contributed by atoms with Crippen molar-refractivity contribution in [3.05, 3.63) is 29.3 Å². The van der Waals surface area contributed by atoms with Crippen LogP contribution in [0, 0.1) is 0 Å². The molecule has 1 nitrogen and oxygen atoms in total. The molecule has 2 rings (SSSR count). The van der Waals surface area contributed by atoms with Gasteiger partial charge in [0, 0.05) is 16.2 Å². The van der Waals surface area contributed by atoms with Crippen molar-refractivity contribution in [2.75, 3.05) is 7.05 Å². The van der Waals surface area contributed by atoms with E-state index in [9.17, 15) is 0 Å². The van der Waals surface area contributed by atoms with Gasteiger partial charge in [-0.1, -0.05) is 25.1 Å². The Labute approximate surface area is 96.7 Å². The zero-order valence-electron chi connectivity index (χ0n) is 9.71. The largest absolute Gasteiger partial charge is 0.317 e. The first kappa shape index (κ1) is 11.0.